The number of anilines is 3. The fourth-order valence-corrected chi connectivity index (χ4v) is 9.02. The SMILES string of the molecule is c1ccc(N(c2ccc3c(c2)C2(c4ccccc4Oc4ccccc42)c2ccc4ccccc4c2-3)c2cc3ccccc3c3ccccc23)cc1. The Labute approximate surface area is 296 Å². The number of ether oxygens (including phenoxy) is 1. The zero-order valence-electron chi connectivity index (χ0n) is 27.8. The summed E-state index contributed by atoms with van der Waals surface area (Å²) >= 11 is 0. The Morgan fingerprint density at radius 2 is 0.980 bits per heavy atom. The van der Waals surface area contributed by atoms with Gasteiger partial charge in [-0.25, -0.2) is 0 Å². The van der Waals surface area contributed by atoms with Gasteiger partial charge in [0.1, 0.15) is 11.5 Å². The largest absolute Gasteiger partial charge is 0.457 e. The first-order valence-corrected chi connectivity index (χ1v) is 17.6. The summed E-state index contributed by atoms with van der Waals surface area (Å²) in [6.07, 6.45) is 0. The van der Waals surface area contributed by atoms with E-state index in [0.717, 1.165) is 28.6 Å². The molecule has 2 nitrogen and oxygen atoms in total. The molecule has 1 spiro atoms. The maximum absolute atomic E-state index is 6.68. The highest BCUT2D eigenvalue weighted by molar-refractivity contribution is 6.15. The highest BCUT2D eigenvalue weighted by atomic mass is 16.5. The lowest BCUT2D eigenvalue weighted by Crippen LogP contribution is -2.32. The Bertz CT molecular complexity index is 2810. The van der Waals surface area contributed by atoms with Gasteiger partial charge in [-0.05, 0) is 91.6 Å². The fraction of sp³-hybridized carbons (Fsp3) is 0.0204. The van der Waals surface area contributed by atoms with Crippen LogP contribution in [0.25, 0.3) is 43.4 Å². The van der Waals surface area contributed by atoms with Gasteiger partial charge < -0.3 is 9.64 Å². The normalized spacial score (nSPS) is 13.4. The molecule has 0 aromatic heterocycles. The molecular formula is C49H31NO. The van der Waals surface area contributed by atoms with Crippen LogP contribution in [0.3, 0.4) is 0 Å². The van der Waals surface area contributed by atoms with Gasteiger partial charge in [-0.15, -0.1) is 0 Å². The predicted molar refractivity (Wildman–Crippen MR) is 211 cm³/mol. The van der Waals surface area contributed by atoms with E-state index in [2.05, 4.69) is 193 Å². The topological polar surface area (TPSA) is 12.5 Å². The van der Waals surface area contributed by atoms with Crippen LogP contribution in [0.5, 0.6) is 11.5 Å². The first-order valence-electron chi connectivity index (χ1n) is 17.6. The summed E-state index contributed by atoms with van der Waals surface area (Å²) in [6, 6.07) is 68.5. The van der Waals surface area contributed by atoms with Crippen molar-refractivity contribution in [1.29, 1.82) is 0 Å². The van der Waals surface area contributed by atoms with E-state index in [0.29, 0.717) is 0 Å². The Balaban J connectivity index is 1.27. The smallest absolute Gasteiger partial charge is 0.132 e. The van der Waals surface area contributed by atoms with Gasteiger partial charge in [-0.3, -0.25) is 0 Å². The van der Waals surface area contributed by atoms with Crippen molar-refractivity contribution in [3.8, 4) is 22.6 Å². The van der Waals surface area contributed by atoms with Gasteiger partial charge in [0.25, 0.3) is 0 Å². The summed E-state index contributed by atoms with van der Waals surface area (Å²) in [5.74, 6) is 1.79. The minimum atomic E-state index is -0.579. The lowest BCUT2D eigenvalue weighted by atomic mass is 9.66. The van der Waals surface area contributed by atoms with Crippen molar-refractivity contribution >= 4 is 49.4 Å². The third kappa shape index (κ3) is 3.87. The third-order valence-electron chi connectivity index (χ3n) is 11.1. The van der Waals surface area contributed by atoms with Gasteiger partial charge in [-0.2, -0.15) is 0 Å². The van der Waals surface area contributed by atoms with Crippen LogP contribution >= 0.6 is 0 Å². The second-order valence-corrected chi connectivity index (χ2v) is 13.6. The average molecular weight is 650 g/mol. The molecule has 0 saturated heterocycles. The van der Waals surface area contributed by atoms with E-state index < -0.39 is 5.41 Å². The number of hydrogen-bond acceptors (Lipinski definition) is 2. The average Bonchev–Trinajstić information content (AvgIpc) is 3.49. The molecular weight excluding hydrogens is 619 g/mol. The Kier molecular flexibility index (Phi) is 5.91. The highest BCUT2D eigenvalue weighted by Gasteiger charge is 2.51. The van der Waals surface area contributed by atoms with Crippen LogP contribution in [0.2, 0.25) is 0 Å². The predicted octanol–water partition coefficient (Wildman–Crippen LogP) is 13.1. The van der Waals surface area contributed by atoms with E-state index in [1.54, 1.807) is 0 Å². The lowest BCUT2D eigenvalue weighted by Gasteiger charge is -2.39. The van der Waals surface area contributed by atoms with Crippen LogP contribution in [0.4, 0.5) is 17.1 Å². The molecule has 9 aromatic carbocycles. The van der Waals surface area contributed by atoms with E-state index in [-0.39, 0.29) is 0 Å². The molecule has 2 heteroatoms. The molecule has 0 saturated carbocycles. The van der Waals surface area contributed by atoms with E-state index in [1.807, 2.05) is 0 Å². The molecule has 0 bridgehead atoms. The van der Waals surface area contributed by atoms with Crippen molar-refractivity contribution in [3.05, 3.63) is 210 Å². The molecule has 1 aliphatic carbocycles. The summed E-state index contributed by atoms with van der Waals surface area (Å²) in [7, 11) is 0. The number of rotatable bonds is 3. The van der Waals surface area contributed by atoms with E-state index >= 15 is 0 Å². The van der Waals surface area contributed by atoms with Crippen LogP contribution in [0.1, 0.15) is 22.3 Å². The fourth-order valence-electron chi connectivity index (χ4n) is 9.02. The van der Waals surface area contributed by atoms with E-state index in [4.69, 9.17) is 4.74 Å². The molecule has 2 aliphatic rings. The van der Waals surface area contributed by atoms with E-state index in [1.165, 1.54) is 65.7 Å². The number of benzene rings is 9. The molecule has 238 valence electrons. The van der Waals surface area contributed by atoms with Crippen molar-refractivity contribution < 1.29 is 4.74 Å². The quantitative estimate of drug-likeness (QED) is 0.177. The Morgan fingerprint density at radius 1 is 0.373 bits per heavy atom. The molecule has 1 heterocycles. The molecule has 0 unspecified atom stereocenters. The summed E-state index contributed by atoms with van der Waals surface area (Å²) < 4.78 is 6.68. The minimum absolute atomic E-state index is 0.579. The standard InChI is InChI=1S/C49H31NO/c1-2-16-34(17-3-1)50(45-30-33-15-5-6-18-36(33)38-20-8-9-21-39(38)45)35-27-28-40-44(31-35)49(43-29-26-32-14-4-7-19-37(32)48(40)43)41-22-10-12-24-46(41)51-47-25-13-11-23-42(47)49/h1-31H. The van der Waals surface area contributed by atoms with Gasteiger partial charge in [0.2, 0.25) is 0 Å². The molecule has 0 N–H and O–H groups in total. The molecule has 1 aliphatic heterocycles. The maximum atomic E-state index is 6.68. The zero-order chi connectivity index (χ0) is 33.5. The monoisotopic (exact) mass is 649 g/mol. The summed E-state index contributed by atoms with van der Waals surface area (Å²) in [4.78, 5) is 2.45. The molecule has 9 aromatic rings. The van der Waals surface area contributed by atoms with Crippen LogP contribution in [-0.4, -0.2) is 0 Å². The summed E-state index contributed by atoms with van der Waals surface area (Å²) in [5, 5.41) is 7.45. The Hall–Kier alpha value is -6.64. The summed E-state index contributed by atoms with van der Waals surface area (Å²) in [6.45, 7) is 0. The van der Waals surface area contributed by atoms with Crippen molar-refractivity contribution in [2.75, 3.05) is 4.90 Å². The van der Waals surface area contributed by atoms with Crippen LogP contribution in [0.15, 0.2) is 188 Å². The van der Waals surface area contributed by atoms with Crippen molar-refractivity contribution in [2.24, 2.45) is 0 Å². The van der Waals surface area contributed by atoms with Crippen molar-refractivity contribution in [3.63, 3.8) is 0 Å². The zero-order valence-corrected chi connectivity index (χ0v) is 27.8. The Morgan fingerprint density at radius 3 is 1.75 bits per heavy atom. The number of nitrogens with zero attached hydrogens (tertiary/aromatic N) is 1. The second kappa shape index (κ2) is 10.7. The van der Waals surface area contributed by atoms with Crippen LogP contribution in [0, 0.1) is 0 Å². The molecule has 0 fully saturated rings. The van der Waals surface area contributed by atoms with Gasteiger partial charge in [0.15, 0.2) is 0 Å². The first kappa shape index (κ1) is 28.2. The molecule has 0 amide bonds. The lowest BCUT2D eigenvalue weighted by molar-refractivity contribution is 0.436. The maximum Gasteiger partial charge on any atom is 0.132 e. The molecule has 11 rings (SSSR count). The minimum Gasteiger partial charge on any atom is -0.457 e. The number of para-hydroxylation sites is 3. The van der Waals surface area contributed by atoms with Crippen LogP contribution < -0.4 is 9.64 Å². The highest BCUT2D eigenvalue weighted by Crippen LogP contribution is 2.63. The second-order valence-electron chi connectivity index (χ2n) is 13.6. The van der Waals surface area contributed by atoms with Gasteiger partial charge >= 0.3 is 0 Å². The summed E-state index contributed by atoms with van der Waals surface area (Å²) in [5.41, 5.74) is 10.2. The molecule has 0 radical (unpaired) electrons. The molecule has 0 atom stereocenters. The number of fused-ring (bicyclic) bond motifs is 14. The third-order valence-corrected chi connectivity index (χ3v) is 11.1. The van der Waals surface area contributed by atoms with Gasteiger partial charge in [0.05, 0.1) is 11.1 Å². The number of hydrogen-bond donors (Lipinski definition) is 0. The van der Waals surface area contributed by atoms with E-state index in [9.17, 15) is 0 Å². The van der Waals surface area contributed by atoms with Gasteiger partial charge in [-0.1, -0.05) is 146 Å². The molecule has 51 heavy (non-hydrogen) atoms. The van der Waals surface area contributed by atoms with Crippen molar-refractivity contribution in [1.82, 2.24) is 0 Å². The van der Waals surface area contributed by atoms with Crippen LogP contribution in [-0.2, 0) is 5.41 Å². The first-order chi connectivity index (χ1) is 25.3. The van der Waals surface area contributed by atoms with Crippen molar-refractivity contribution in [2.45, 2.75) is 5.41 Å². The van der Waals surface area contributed by atoms with Gasteiger partial charge in [0, 0.05) is 27.9 Å².